The zero-order valence-electron chi connectivity index (χ0n) is 43.5. The van der Waals surface area contributed by atoms with Gasteiger partial charge in [-0.2, -0.15) is 0 Å². The van der Waals surface area contributed by atoms with Gasteiger partial charge in [-0.3, -0.25) is 0 Å². The molecule has 0 amide bonds. The van der Waals surface area contributed by atoms with Crippen LogP contribution in [0.25, 0.3) is 44.5 Å². The number of aryl methyl sites for hydroxylation is 7. The van der Waals surface area contributed by atoms with Gasteiger partial charge in [0.15, 0.2) is 0 Å². The number of halogens is 2. The fourth-order valence-corrected chi connectivity index (χ4v) is 12.1. The molecule has 8 aromatic rings. The van der Waals surface area contributed by atoms with Crippen molar-refractivity contribution in [3.63, 3.8) is 0 Å². The molecule has 0 heterocycles. The summed E-state index contributed by atoms with van der Waals surface area (Å²) in [4.78, 5) is 4.59. The minimum atomic E-state index is -0.312. The summed E-state index contributed by atoms with van der Waals surface area (Å²) in [5.74, 6) is -0.737. The molecule has 12 rings (SSSR count). The Morgan fingerprint density at radius 3 is 1.61 bits per heavy atom. The molecule has 4 aliphatic rings. The van der Waals surface area contributed by atoms with E-state index in [4.69, 9.17) is 0 Å². The first-order chi connectivity index (χ1) is 36.4. The second-order valence-corrected chi connectivity index (χ2v) is 20.8. The maximum atomic E-state index is 15.8. The van der Waals surface area contributed by atoms with Crippen molar-refractivity contribution in [1.29, 1.82) is 0 Å². The first kappa shape index (κ1) is 47.4. The molecular weight excluding hydrogens is 919 g/mol. The largest absolute Gasteiger partial charge is 0.330 e. The molecule has 0 N–H and O–H groups in total. The zero-order chi connectivity index (χ0) is 51.6. The first-order valence-corrected chi connectivity index (χ1v) is 26.0. The summed E-state index contributed by atoms with van der Waals surface area (Å²) < 4.78 is 31.5. The second-order valence-electron chi connectivity index (χ2n) is 20.8. The molecular formula is C71H58F2N2. The lowest BCUT2D eigenvalue weighted by molar-refractivity contribution is 0.627. The van der Waals surface area contributed by atoms with Crippen LogP contribution in [-0.4, -0.2) is 6.04 Å². The Bertz CT molecular complexity index is 3910. The van der Waals surface area contributed by atoms with Crippen molar-refractivity contribution in [3.05, 3.63) is 297 Å². The lowest BCUT2D eigenvalue weighted by Crippen LogP contribution is -2.37. The van der Waals surface area contributed by atoms with Gasteiger partial charge < -0.3 is 9.80 Å². The molecule has 366 valence electrons. The smallest absolute Gasteiger partial charge is 0.125 e. The standard InChI is InChI=1S/C71H58F2N2/c1-43-18-27-58(47(5)36-43)52-25-34-68(64(39-52)60-17-9-8-12-46(60)4)74(56-15-10-13-54(72)41-56)66-32-23-50-22-31-63-67(33-24-51-21-30-62(66)70(50)71(51)63)75(57-16-11-14-55(73)42-57)69-35-26-53(59-28-19-44(2)37-48(59)6)40-65(69)61-29-20-45(3)38-49(61)7/h8-42,66,71H,1-7H3. The quantitative estimate of drug-likeness (QED) is 0.135. The molecule has 8 aromatic carbocycles. The van der Waals surface area contributed by atoms with Crippen LogP contribution in [0.15, 0.2) is 246 Å². The Labute approximate surface area is 440 Å². The van der Waals surface area contributed by atoms with Gasteiger partial charge in [-0.05, 0) is 199 Å². The second kappa shape index (κ2) is 19.0. The molecule has 2 nitrogen and oxygen atoms in total. The molecule has 0 fully saturated rings. The van der Waals surface area contributed by atoms with Crippen molar-refractivity contribution in [2.75, 3.05) is 9.80 Å². The number of anilines is 4. The van der Waals surface area contributed by atoms with Crippen LogP contribution in [0, 0.1) is 66.0 Å². The van der Waals surface area contributed by atoms with Crippen molar-refractivity contribution in [1.82, 2.24) is 0 Å². The molecule has 2 atom stereocenters. The Kier molecular flexibility index (Phi) is 12.0. The fraction of sp³-hybridized carbons (Fsp3) is 0.127. The Morgan fingerprint density at radius 1 is 0.413 bits per heavy atom. The van der Waals surface area contributed by atoms with Crippen LogP contribution in [0.2, 0.25) is 0 Å². The van der Waals surface area contributed by atoms with Crippen LogP contribution in [0.3, 0.4) is 0 Å². The molecule has 0 aliphatic heterocycles. The van der Waals surface area contributed by atoms with Crippen molar-refractivity contribution in [2.45, 2.75) is 54.5 Å². The highest BCUT2D eigenvalue weighted by Gasteiger charge is 2.41. The van der Waals surface area contributed by atoms with Gasteiger partial charge >= 0.3 is 0 Å². The average Bonchev–Trinajstić information content (AvgIpc) is 3.44. The van der Waals surface area contributed by atoms with E-state index >= 15 is 8.78 Å². The highest BCUT2D eigenvalue weighted by atomic mass is 19.1. The highest BCUT2D eigenvalue weighted by molar-refractivity contribution is 5.92. The number of rotatable bonds is 10. The van der Waals surface area contributed by atoms with Crippen LogP contribution < -0.4 is 9.80 Å². The van der Waals surface area contributed by atoms with E-state index in [9.17, 15) is 0 Å². The van der Waals surface area contributed by atoms with E-state index in [1.54, 1.807) is 18.2 Å². The van der Waals surface area contributed by atoms with E-state index in [0.29, 0.717) is 0 Å². The summed E-state index contributed by atoms with van der Waals surface area (Å²) in [6.07, 6.45) is 18.0. The number of hydrogen-bond donors (Lipinski definition) is 0. The van der Waals surface area contributed by atoms with Crippen molar-refractivity contribution >= 4 is 22.7 Å². The molecule has 4 aliphatic carbocycles. The minimum Gasteiger partial charge on any atom is -0.330 e. The molecule has 0 aromatic heterocycles. The molecule has 0 saturated heterocycles. The van der Waals surface area contributed by atoms with Gasteiger partial charge in [0.1, 0.15) is 11.6 Å². The molecule has 2 unspecified atom stereocenters. The Hall–Kier alpha value is -8.60. The molecule has 0 spiro atoms. The predicted molar refractivity (Wildman–Crippen MR) is 310 cm³/mol. The van der Waals surface area contributed by atoms with E-state index in [1.165, 1.54) is 62.2 Å². The summed E-state index contributed by atoms with van der Waals surface area (Å²) in [6.45, 7) is 15.1. The summed E-state index contributed by atoms with van der Waals surface area (Å²) in [7, 11) is 0. The van der Waals surface area contributed by atoms with Crippen LogP contribution >= 0.6 is 0 Å². The van der Waals surface area contributed by atoms with Crippen LogP contribution in [0.5, 0.6) is 0 Å². The maximum absolute atomic E-state index is 15.8. The maximum Gasteiger partial charge on any atom is 0.125 e. The monoisotopic (exact) mass is 976 g/mol. The molecule has 0 saturated carbocycles. The average molecular weight is 977 g/mol. The number of allylic oxidation sites excluding steroid dienone is 10. The molecule has 4 heteroatoms. The Morgan fingerprint density at radius 2 is 0.987 bits per heavy atom. The minimum absolute atomic E-state index is 0.135. The number of benzene rings is 8. The van der Waals surface area contributed by atoms with Crippen molar-refractivity contribution in [2.24, 2.45) is 5.92 Å². The summed E-state index contributed by atoms with van der Waals surface area (Å²) >= 11 is 0. The normalized spacial score (nSPS) is 16.2. The lowest BCUT2D eigenvalue weighted by atomic mass is 9.67. The van der Waals surface area contributed by atoms with Gasteiger partial charge in [0.2, 0.25) is 0 Å². The Balaban J connectivity index is 1.03. The van der Waals surface area contributed by atoms with Gasteiger partial charge in [0.25, 0.3) is 0 Å². The topological polar surface area (TPSA) is 6.48 Å². The molecule has 0 bridgehead atoms. The third kappa shape index (κ3) is 8.54. The van der Waals surface area contributed by atoms with E-state index < -0.39 is 0 Å². The molecule has 75 heavy (non-hydrogen) atoms. The highest BCUT2D eigenvalue weighted by Crippen LogP contribution is 2.53. The van der Waals surface area contributed by atoms with E-state index in [1.807, 2.05) is 18.2 Å². The summed E-state index contributed by atoms with van der Waals surface area (Å²) in [5, 5.41) is 0. The SMILES string of the molecule is Cc1ccc(-c2ccc(N(C3=C4C=CC5=C6C(=CC=C(C=C3)C46)C(N(c3cccc(F)c3)c3ccc(-c4ccc(C)cc4C)cc3-c3ccccc3C)C=C5)c3cccc(F)c3)c(-c3ccc(C)cc3C)c2)c(C)c1. The van der Waals surface area contributed by atoms with E-state index in [-0.39, 0.29) is 23.6 Å². The van der Waals surface area contributed by atoms with E-state index in [2.05, 4.69) is 222 Å². The molecule has 0 radical (unpaired) electrons. The zero-order valence-corrected chi connectivity index (χ0v) is 43.5. The van der Waals surface area contributed by atoms with E-state index in [0.717, 1.165) is 89.7 Å². The van der Waals surface area contributed by atoms with Crippen LogP contribution in [0.1, 0.15) is 38.9 Å². The lowest BCUT2D eigenvalue weighted by Gasteiger charge is -2.44. The van der Waals surface area contributed by atoms with Crippen LogP contribution in [-0.2, 0) is 0 Å². The van der Waals surface area contributed by atoms with Gasteiger partial charge in [-0.1, -0.05) is 162 Å². The fourth-order valence-electron chi connectivity index (χ4n) is 12.1. The summed E-state index contributed by atoms with van der Waals surface area (Å²) in [6, 6.07) is 55.6. The van der Waals surface area contributed by atoms with Crippen LogP contribution in [0.4, 0.5) is 31.5 Å². The van der Waals surface area contributed by atoms with Gasteiger partial charge in [-0.15, -0.1) is 0 Å². The van der Waals surface area contributed by atoms with Gasteiger partial charge in [0, 0.05) is 34.1 Å². The number of nitrogens with zero attached hydrogens (tertiary/aromatic N) is 2. The first-order valence-electron chi connectivity index (χ1n) is 26.0. The third-order valence-corrected chi connectivity index (χ3v) is 15.6. The van der Waals surface area contributed by atoms with Gasteiger partial charge in [-0.25, -0.2) is 8.78 Å². The van der Waals surface area contributed by atoms with Gasteiger partial charge in [0.05, 0.1) is 17.4 Å². The third-order valence-electron chi connectivity index (χ3n) is 15.6. The van der Waals surface area contributed by atoms with Crippen molar-refractivity contribution < 1.29 is 8.78 Å². The van der Waals surface area contributed by atoms with Crippen molar-refractivity contribution in [3.8, 4) is 44.5 Å². The predicted octanol–water partition coefficient (Wildman–Crippen LogP) is 18.9. The summed E-state index contributed by atoms with van der Waals surface area (Å²) in [5.41, 5.74) is 27.5. The number of hydrogen-bond acceptors (Lipinski definition) is 2.